The molecule has 1 aliphatic heterocycles. The Morgan fingerprint density at radius 1 is 1.18 bits per heavy atom. The second-order valence-electron chi connectivity index (χ2n) is 4.70. The number of thioether (sulfide) groups is 1. The van der Waals surface area contributed by atoms with E-state index in [4.69, 9.17) is 9.47 Å². The van der Waals surface area contributed by atoms with E-state index in [9.17, 15) is 4.79 Å². The fourth-order valence-corrected chi connectivity index (χ4v) is 3.51. The number of halogens is 1. The Balaban J connectivity index is 1.52. The number of hydrogen-bond donors (Lipinski definition) is 1. The van der Waals surface area contributed by atoms with Gasteiger partial charge in [-0.2, -0.15) is 0 Å². The summed E-state index contributed by atoms with van der Waals surface area (Å²) in [7, 11) is 0. The van der Waals surface area contributed by atoms with Gasteiger partial charge >= 0.3 is 0 Å². The van der Waals surface area contributed by atoms with Crippen LogP contribution < -0.4 is 14.8 Å². The average Bonchev–Trinajstić information content (AvgIpc) is 2.95. The number of carbonyl (C=O) groups excluding carboxylic acids is 1. The predicted octanol–water partition coefficient (Wildman–Crippen LogP) is 4.05. The molecule has 3 rings (SSSR count). The zero-order chi connectivity index (χ0) is 15.4. The maximum atomic E-state index is 11.9. The minimum absolute atomic E-state index is 0.00642. The summed E-state index contributed by atoms with van der Waals surface area (Å²) in [6.45, 7) is 0.262. The van der Waals surface area contributed by atoms with Crippen molar-refractivity contribution in [3.63, 3.8) is 0 Å². The van der Waals surface area contributed by atoms with E-state index in [0.29, 0.717) is 5.75 Å². The highest BCUT2D eigenvalue weighted by Gasteiger charge is 2.16. The second kappa shape index (κ2) is 7.07. The minimum atomic E-state index is -0.00642. The van der Waals surface area contributed by atoms with E-state index in [2.05, 4.69) is 21.2 Å². The van der Waals surface area contributed by atoms with Gasteiger partial charge in [0.1, 0.15) is 0 Å². The highest BCUT2D eigenvalue weighted by Crippen LogP contribution is 2.38. The number of nitrogens with one attached hydrogen (secondary N) is 1. The van der Waals surface area contributed by atoms with Crippen LogP contribution in [-0.4, -0.2) is 18.5 Å². The molecule has 0 spiro atoms. The smallest absolute Gasteiger partial charge is 0.234 e. The Labute approximate surface area is 141 Å². The monoisotopic (exact) mass is 379 g/mol. The van der Waals surface area contributed by atoms with Crippen molar-refractivity contribution in [1.82, 2.24) is 0 Å². The lowest BCUT2D eigenvalue weighted by Gasteiger charge is -2.07. The molecule has 0 aliphatic carbocycles. The van der Waals surface area contributed by atoms with Crippen molar-refractivity contribution >= 4 is 39.3 Å². The Bertz CT molecular complexity index is 679. The quantitative estimate of drug-likeness (QED) is 0.850. The summed E-state index contributed by atoms with van der Waals surface area (Å²) in [6, 6.07) is 13.3. The van der Waals surface area contributed by atoms with Gasteiger partial charge in [0.2, 0.25) is 12.7 Å². The molecule has 1 aliphatic rings. The predicted molar refractivity (Wildman–Crippen MR) is 91.5 cm³/mol. The molecule has 0 fully saturated rings. The number of carbonyl (C=O) groups is 1. The first-order valence-electron chi connectivity index (χ1n) is 6.73. The normalized spacial score (nSPS) is 12.2. The number of para-hydroxylation sites is 1. The Morgan fingerprint density at radius 2 is 1.91 bits per heavy atom. The molecule has 0 saturated heterocycles. The zero-order valence-corrected chi connectivity index (χ0v) is 14.1. The fraction of sp³-hybridized carbons (Fsp3) is 0.188. The second-order valence-corrected chi connectivity index (χ2v) is 6.54. The van der Waals surface area contributed by atoms with Crippen LogP contribution in [0, 0.1) is 0 Å². The molecule has 1 amide bonds. The SMILES string of the molecule is O=C(CSCc1cc2c(cc1Br)OCO2)Nc1ccccc1. The van der Waals surface area contributed by atoms with Crippen LogP contribution in [0.4, 0.5) is 5.69 Å². The van der Waals surface area contributed by atoms with E-state index in [0.717, 1.165) is 33.0 Å². The molecule has 4 nitrogen and oxygen atoms in total. The maximum Gasteiger partial charge on any atom is 0.234 e. The molecule has 0 atom stereocenters. The number of amides is 1. The molecule has 0 aromatic heterocycles. The van der Waals surface area contributed by atoms with Gasteiger partial charge < -0.3 is 14.8 Å². The van der Waals surface area contributed by atoms with Gasteiger partial charge in [0.15, 0.2) is 11.5 Å². The standard InChI is InChI=1S/C16H14BrNO3S/c17-13-7-15-14(20-10-21-15)6-11(13)8-22-9-16(19)18-12-4-2-1-3-5-12/h1-7H,8-10H2,(H,18,19). The van der Waals surface area contributed by atoms with Crippen LogP contribution in [0.5, 0.6) is 11.5 Å². The van der Waals surface area contributed by atoms with Gasteiger partial charge in [-0.25, -0.2) is 0 Å². The van der Waals surface area contributed by atoms with Gasteiger partial charge in [-0.15, -0.1) is 11.8 Å². The lowest BCUT2D eigenvalue weighted by atomic mass is 10.2. The van der Waals surface area contributed by atoms with Crippen molar-refractivity contribution in [2.75, 3.05) is 17.9 Å². The number of ether oxygens (including phenoxy) is 2. The van der Waals surface area contributed by atoms with E-state index in [1.807, 2.05) is 42.5 Å². The maximum absolute atomic E-state index is 11.9. The molecular formula is C16H14BrNO3S. The number of rotatable bonds is 5. The summed E-state index contributed by atoms with van der Waals surface area (Å²) >= 11 is 5.08. The molecule has 0 radical (unpaired) electrons. The fourth-order valence-electron chi connectivity index (χ4n) is 2.04. The minimum Gasteiger partial charge on any atom is -0.454 e. The third-order valence-electron chi connectivity index (χ3n) is 3.09. The summed E-state index contributed by atoms with van der Waals surface area (Å²) in [5.74, 6) is 2.62. The van der Waals surface area contributed by atoms with Crippen molar-refractivity contribution < 1.29 is 14.3 Å². The molecule has 1 heterocycles. The highest BCUT2D eigenvalue weighted by molar-refractivity contribution is 9.10. The molecule has 114 valence electrons. The first kappa shape index (κ1) is 15.2. The summed E-state index contributed by atoms with van der Waals surface area (Å²) in [6.07, 6.45) is 0. The topological polar surface area (TPSA) is 47.6 Å². The van der Waals surface area contributed by atoms with Crippen LogP contribution >= 0.6 is 27.7 Å². The zero-order valence-electron chi connectivity index (χ0n) is 11.7. The van der Waals surface area contributed by atoms with E-state index in [1.165, 1.54) is 0 Å². The van der Waals surface area contributed by atoms with Crippen molar-refractivity contribution in [2.45, 2.75) is 5.75 Å². The molecular weight excluding hydrogens is 366 g/mol. The van der Waals surface area contributed by atoms with Crippen LogP contribution in [0.1, 0.15) is 5.56 Å². The van der Waals surface area contributed by atoms with Gasteiger partial charge in [-0.1, -0.05) is 34.1 Å². The van der Waals surface area contributed by atoms with E-state index in [1.54, 1.807) is 11.8 Å². The Kier molecular flexibility index (Phi) is 4.90. The summed E-state index contributed by atoms with van der Waals surface area (Å²) < 4.78 is 11.7. The Morgan fingerprint density at radius 3 is 2.68 bits per heavy atom. The molecule has 2 aromatic carbocycles. The first-order valence-corrected chi connectivity index (χ1v) is 8.68. The molecule has 6 heteroatoms. The van der Waals surface area contributed by atoms with Crippen LogP contribution in [0.15, 0.2) is 46.9 Å². The van der Waals surface area contributed by atoms with Crippen molar-refractivity contribution in [3.05, 3.63) is 52.5 Å². The van der Waals surface area contributed by atoms with Gasteiger partial charge in [0.05, 0.1) is 5.75 Å². The third kappa shape index (κ3) is 3.75. The molecule has 0 unspecified atom stereocenters. The first-order chi connectivity index (χ1) is 10.7. The van der Waals surface area contributed by atoms with Crippen LogP contribution in [0.2, 0.25) is 0 Å². The van der Waals surface area contributed by atoms with Gasteiger partial charge in [-0.05, 0) is 29.8 Å². The van der Waals surface area contributed by atoms with E-state index >= 15 is 0 Å². The van der Waals surface area contributed by atoms with Gasteiger partial charge in [0.25, 0.3) is 0 Å². The van der Waals surface area contributed by atoms with Crippen LogP contribution in [0.25, 0.3) is 0 Å². The van der Waals surface area contributed by atoms with Crippen LogP contribution in [-0.2, 0) is 10.5 Å². The third-order valence-corrected chi connectivity index (χ3v) is 4.81. The highest BCUT2D eigenvalue weighted by atomic mass is 79.9. The van der Waals surface area contributed by atoms with Crippen molar-refractivity contribution in [3.8, 4) is 11.5 Å². The molecule has 1 N–H and O–H groups in total. The largest absolute Gasteiger partial charge is 0.454 e. The molecule has 2 aromatic rings. The van der Waals surface area contributed by atoms with Crippen molar-refractivity contribution in [1.29, 1.82) is 0 Å². The van der Waals surface area contributed by atoms with E-state index in [-0.39, 0.29) is 12.7 Å². The molecule has 0 saturated carbocycles. The van der Waals surface area contributed by atoms with Gasteiger partial charge in [-0.3, -0.25) is 4.79 Å². The number of hydrogen-bond acceptors (Lipinski definition) is 4. The van der Waals surface area contributed by atoms with E-state index < -0.39 is 0 Å². The summed E-state index contributed by atoms with van der Waals surface area (Å²) in [4.78, 5) is 11.9. The number of anilines is 1. The van der Waals surface area contributed by atoms with Gasteiger partial charge in [0, 0.05) is 15.9 Å². The van der Waals surface area contributed by atoms with Crippen molar-refractivity contribution in [2.24, 2.45) is 0 Å². The summed E-state index contributed by atoms with van der Waals surface area (Å²) in [5.41, 5.74) is 1.90. The lowest BCUT2D eigenvalue weighted by molar-refractivity contribution is -0.113. The lowest BCUT2D eigenvalue weighted by Crippen LogP contribution is -2.14. The number of benzene rings is 2. The number of fused-ring (bicyclic) bond motifs is 1. The van der Waals surface area contributed by atoms with Crippen LogP contribution in [0.3, 0.4) is 0 Å². The summed E-state index contributed by atoms with van der Waals surface area (Å²) in [5, 5.41) is 2.87. The molecule has 22 heavy (non-hydrogen) atoms. The average molecular weight is 380 g/mol. The Hall–Kier alpha value is -1.66. The molecule has 0 bridgehead atoms.